The van der Waals surface area contributed by atoms with Gasteiger partial charge in [0.25, 0.3) is 0 Å². The maximum absolute atomic E-state index is 5.21. The molecule has 2 aliphatic carbocycles. The number of pyridine rings is 2. The highest BCUT2D eigenvalue weighted by molar-refractivity contribution is 6.02. The Morgan fingerprint density at radius 3 is 2.50 bits per heavy atom. The van der Waals surface area contributed by atoms with Gasteiger partial charge in [0.1, 0.15) is 5.82 Å². The number of aromatic nitrogens is 2. The van der Waals surface area contributed by atoms with Crippen molar-refractivity contribution in [3.05, 3.63) is 138 Å². The van der Waals surface area contributed by atoms with Gasteiger partial charge in [-0.15, -0.1) is 0 Å². The van der Waals surface area contributed by atoms with Gasteiger partial charge >= 0.3 is 0 Å². The monoisotopic (exact) mass is 489 g/mol. The van der Waals surface area contributed by atoms with Gasteiger partial charge in [0, 0.05) is 34.7 Å². The number of fused-ring (bicyclic) bond motifs is 5. The summed E-state index contributed by atoms with van der Waals surface area (Å²) < 4.78 is 0. The molecular weight excluding hydrogens is 462 g/mol. The molecule has 0 radical (unpaired) electrons. The van der Waals surface area contributed by atoms with Crippen molar-refractivity contribution in [1.82, 2.24) is 9.97 Å². The van der Waals surface area contributed by atoms with E-state index in [1.807, 2.05) is 12.3 Å². The highest BCUT2D eigenvalue weighted by Crippen LogP contribution is 2.56. The standard InChI is InChI=1S/C35H27N3/c1-35(2)28-14-4-3-12-24(28)26-19-27-25-13-5-9-22-10-6-16-31(34(22)25)38(32(27)20-29(26)35)33-17-7-15-30(37-33)23-11-8-18-36-21-23/h3-21,27,32H,1-2H3. The van der Waals surface area contributed by atoms with Gasteiger partial charge in [0.2, 0.25) is 0 Å². The van der Waals surface area contributed by atoms with Crippen molar-refractivity contribution in [3.8, 4) is 11.3 Å². The minimum atomic E-state index is -0.0486. The first-order chi connectivity index (χ1) is 18.6. The first-order valence-electron chi connectivity index (χ1n) is 13.3. The molecule has 0 amide bonds. The van der Waals surface area contributed by atoms with Crippen LogP contribution in [-0.4, -0.2) is 16.0 Å². The Morgan fingerprint density at radius 2 is 1.63 bits per heavy atom. The van der Waals surface area contributed by atoms with Crippen LogP contribution in [0.4, 0.5) is 11.5 Å². The Morgan fingerprint density at radius 1 is 0.789 bits per heavy atom. The molecule has 182 valence electrons. The van der Waals surface area contributed by atoms with E-state index in [2.05, 4.69) is 121 Å². The van der Waals surface area contributed by atoms with E-state index in [0.29, 0.717) is 0 Å². The third-order valence-corrected chi connectivity index (χ3v) is 8.68. The lowest BCUT2D eigenvalue weighted by Gasteiger charge is -2.44. The molecule has 3 aliphatic rings. The fourth-order valence-corrected chi connectivity index (χ4v) is 6.93. The lowest BCUT2D eigenvalue weighted by Crippen LogP contribution is -2.40. The molecule has 0 fully saturated rings. The van der Waals surface area contributed by atoms with Gasteiger partial charge in [-0.05, 0) is 63.6 Å². The van der Waals surface area contributed by atoms with Crippen LogP contribution in [0.5, 0.6) is 0 Å². The van der Waals surface area contributed by atoms with Crippen LogP contribution in [0.25, 0.3) is 27.6 Å². The summed E-state index contributed by atoms with van der Waals surface area (Å²) in [7, 11) is 0. The third kappa shape index (κ3) is 2.90. The van der Waals surface area contributed by atoms with Gasteiger partial charge in [0.15, 0.2) is 0 Å². The summed E-state index contributed by atoms with van der Waals surface area (Å²) in [6.45, 7) is 4.73. The number of anilines is 2. The molecule has 2 aromatic heterocycles. The van der Waals surface area contributed by atoms with Crippen molar-refractivity contribution >= 4 is 27.9 Å². The Kier molecular flexibility index (Phi) is 4.40. The van der Waals surface area contributed by atoms with E-state index in [4.69, 9.17) is 4.98 Å². The summed E-state index contributed by atoms with van der Waals surface area (Å²) in [6, 6.07) is 32.8. The molecule has 3 heteroatoms. The number of nitrogens with zero attached hydrogens (tertiary/aromatic N) is 3. The van der Waals surface area contributed by atoms with Crippen LogP contribution in [0.2, 0.25) is 0 Å². The lowest BCUT2D eigenvalue weighted by molar-refractivity contribution is 0.623. The molecular formula is C35H27N3. The molecule has 8 rings (SSSR count). The second-order valence-corrected chi connectivity index (χ2v) is 11.1. The minimum absolute atomic E-state index is 0.0486. The number of benzene rings is 3. The van der Waals surface area contributed by atoms with Crippen LogP contribution in [0.3, 0.4) is 0 Å². The fraction of sp³-hybridized carbons (Fsp3) is 0.143. The number of hydrogen-bond donors (Lipinski definition) is 0. The van der Waals surface area contributed by atoms with Crippen molar-refractivity contribution in [1.29, 1.82) is 0 Å². The molecule has 5 aromatic rings. The maximum Gasteiger partial charge on any atom is 0.134 e. The molecule has 0 saturated heterocycles. The van der Waals surface area contributed by atoms with E-state index in [-0.39, 0.29) is 17.4 Å². The molecule has 38 heavy (non-hydrogen) atoms. The van der Waals surface area contributed by atoms with Crippen LogP contribution >= 0.6 is 0 Å². The highest BCUT2D eigenvalue weighted by Gasteiger charge is 2.45. The first-order valence-corrected chi connectivity index (χ1v) is 13.3. The molecule has 0 bridgehead atoms. The van der Waals surface area contributed by atoms with Gasteiger partial charge in [-0.25, -0.2) is 4.98 Å². The van der Waals surface area contributed by atoms with Gasteiger partial charge in [-0.1, -0.05) is 86.7 Å². The smallest absolute Gasteiger partial charge is 0.134 e. The SMILES string of the molecule is CC1(C)C2=CC3C(C=C2c2ccccc21)c1cccc2cccc(c12)N3c1cccc(-c2cccnc2)n1. The van der Waals surface area contributed by atoms with Crippen molar-refractivity contribution < 1.29 is 0 Å². The lowest BCUT2D eigenvalue weighted by atomic mass is 9.73. The van der Waals surface area contributed by atoms with E-state index in [9.17, 15) is 0 Å². The first kappa shape index (κ1) is 21.6. The Hall–Kier alpha value is -4.50. The van der Waals surface area contributed by atoms with E-state index in [1.54, 1.807) is 6.20 Å². The summed E-state index contributed by atoms with van der Waals surface area (Å²) in [5.41, 5.74) is 10.1. The number of hydrogen-bond acceptors (Lipinski definition) is 3. The molecule has 1 aliphatic heterocycles. The Bertz CT molecular complexity index is 1810. The zero-order chi connectivity index (χ0) is 25.4. The molecule has 2 unspecified atom stereocenters. The van der Waals surface area contributed by atoms with E-state index in [1.165, 1.54) is 44.3 Å². The minimum Gasteiger partial charge on any atom is -0.318 e. The van der Waals surface area contributed by atoms with Crippen LogP contribution in [0.15, 0.2) is 121 Å². The van der Waals surface area contributed by atoms with Crippen molar-refractivity contribution in [3.63, 3.8) is 0 Å². The molecule has 2 atom stereocenters. The second kappa shape index (κ2) is 7.75. The average molecular weight is 490 g/mol. The normalized spacial score (nSPS) is 20.3. The molecule has 3 aromatic carbocycles. The van der Waals surface area contributed by atoms with Crippen molar-refractivity contribution in [2.24, 2.45) is 0 Å². The largest absolute Gasteiger partial charge is 0.318 e. The third-order valence-electron chi connectivity index (χ3n) is 8.68. The van der Waals surface area contributed by atoms with E-state index in [0.717, 1.165) is 17.1 Å². The summed E-state index contributed by atoms with van der Waals surface area (Å²) >= 11 is 0. The van der Waals surface area contributed by atoms with Gasteiger partial charge in [0.05, 0.1) is 17.4 Å². The molecule has 3 heterocycles. The quantitative estimate of drug-likeness (QED) is 0.250. The fourth-order valence-electron chi connectivity index (χ4n) is 6.93. The number of rotatable bonds is 2. The molecule has 0 spiro atoms. The number of allylic oxidation sites excluding steroid dienone is 2. The van der Waals surface area contributed by atoms with Crippen molar-refractivity contribution in [2.75, 3.05) is 4.90 Å². The van der Waals surface area contributed by atoms with Crippen LogP contribution in [0, 0.1) is 0 Å². The highest BCUT2D eigenvalue weighted by atomic mass is 15.2. The zero-order valence-electron chi connectivity index (χ0n) is 21.5. The summed E-state index contributed by atoms with van der Waals surface area (Å²) in [5, 5.41) is 2.59. The van der Waals surface area contributed by atoms with Gasteiger partial charge < -0.3 is 4.90 Å². The van der Waals surface area contributed by atoms with Gasteiger partial charge in [-0.3, -0.25) is 4.98 Å². The predicted molar refractivity (Wildman–Crippen MR) is 156 cm³/mol. The van der Waals surface area contributed by atoms with Crippen LogP contribution < -0.4 is 4.90 Å². The maximum atomic E-state index is 5.21. The summed E-state index contributed by atoms with van der Waals surface area (Å²) in [6.07, 6.45) is 8.76. The molecule has 0 N–H and O–H groups in total. The molecule has 0 saturated carbocycles. The predicted octanol–water partition coefficient (Wildman–Crippen LogP) is 8.22. The zero-order valence-corrected chi connectivity index (χ0v) is 21.5. The van der Waals surface area contributed by atoms with E-state index < -0.39 is 0 Å². The van der Waals surface area contributed by atoms with Crippen molar-refractivity contribution in [2.45, 2.75) is 31.2 Å². The van der Waals surface area contributed by atoms with Crippen LogP contribution in [-0.2, 0) is 5.41 Å². The average Bonchev–Trinajstić information content (AvgIpc) is 3.19. The topological polar surface area (TPSA) is 29.0 Å². The Labute approximate surface area is 222 Å². The summed E-state index contributed by atoms with van der Waals surface area (Å²) in [4.78, 5) is 12.0. The van der Waals surface area contributed by atoms with E-state index >= 15 is 0 Å². The van der Waals surface area contributed by atoms with Gasteiger partial charge in [-0.2, -0.15) is 0 Å². The summed E-state index contributed by atoms with van der Waals surface area (Å²) in [5.74, 6) is 1.18. The Balaban J connectivity index is 1.39. The molecule has 3 nitrogen and oxygen atoms in total. The second-order valence-electron chi connectivity index (χ2n) is 11.1. The van der Waals surface area contributed by atoms with Crippen LogP contribution in [0.1, 0.15) is 36.5 Å².